The van der Waals surface area contributed by atoms with Crippen LogP contribution >= 0.6 is 23.1 Å². The number of thioether (sulfide) groups is 1. The number of carbonyl (C=O) groups is 3. The predicted octanol–water partition coefficient (Wildman–Crippen LogP) is 1.42. The van der Waals surface area contributed by atoms with E-state index in [-0.39, 0.29) is 47.2 Å². The van der Waals surface area contributed by atoms with Crippen LogP contribution in [-0.4, -0.2) is 80.1 Å². The number of carboxylic acid groups (broad SMARTS) is 1. The van der Waals surface area contributed by atoms with Gasteiger partial charge in [0.1, 0.15) is 11.5 Å². The molecule has 0 aliphatic carbocycles. The molecular formula is C22H30N4O6S2. The summed E-state index contributed by atoms with van der Waals surface area (Å²) in [7, 11) is 0. The highest BCUT2D eigenvalue weighted by Gasteiger charge is 2.60. The number of amides is 2. The third-order valence-electron chi connectivity index (χ3n) is 6.80. The summed E-state index contributed by atoms with van der Waals surface area (Å²) in [6, 6.07) is -0.309. The molecule has 1 aromatic heterocycles. The Morgan fingerprint density at radius 2 is 2.00 bits per heavy atom. The Hall–Kier alpha value is -2.15. The number of nitrogens with one attached hydrogen (secondary N) is 1. The maximum Gasteiger partial charge on any atom is 0.353 e. The fourth-order valence-corrected chi connectivity index (χ4v) is 7.11. The number of fused-ring (bicyclic) bond motifs is 1. The van der Waals surface area contributed by atoms with Gasteiger partial charge in [0.15, 0.2) is 5.13 Å². The van der Waals surface area contributed by atoms with Crippen LogP contribution < -0.4 is 10.2 Å². The summed E-state index contributed by atoms with van der Waals surface area (Å²) in [5, 5.41) is 34.6. The minimum atomic E-state index is -1.12. The zero-order chi connectivity index (χ0) is 24.9. The number of carboxylic acids is 1. The summed E-state index contributed by atoms with van der Waals surface area (Å²) in [5.41, 5.74) is 0.0469. The molecule has 1 aromatic rings. The molecule has 0 unspecified atom stereocenters. The van der Waals surface area contributed by atoms with E-state index in [1.165, 1.54) is 28.0 Å². The van der Waals surface area contributed by atoms with Crippen molar-refractivity contribution in [1.29, 1.82) is 0 Å². The SMILES string of the molecule is CC(C)[C@@H](CO)C(=O)Nc1csc(N2CC(SC3=C(C(=O)O)N4C(=O)[C@H]([C@@H](C)O)[C@H]4[C@H]3C)C2)n1. The second kappa shape index (κ2) is 9.48. The van der Waals surface area contributed by atoms with Crippen molar-refractivity contribution in [2.75, 3.05) is 29.9 Å². The molecule has 3 aliphatic rings. The van der Waals surface area contributed by atoms with Gasteiger partial charge in [0.25, 0.3) is 0 Å². The minimum Gasteiger partial charge on any atom is -0.477 e. The number of anilines is 2. The normalized spacial score (nSPS) is 26.3. The van der Waals surface area contributed by atoms with Crippen molar-refractivity contribution in [3.8, 4) is 0 Å². The number of carbonyl (C=O) groups excluding carboxylic acids is 2. The second-order valence-corrected chi connectivity index (χ2v) is 11.6. The maximum atomic E-state index is 12.5. The fraction of sp³-hybridized carbons (Fsp3) is 0.636. The molecule has 2 saturated heterocycles. The molecule has 4 heterocycles. The van der Waals surface area contributed by atoms with Crippen molar-refractivity contribution >= 4 is 51.8 Å². The number of β-lactam (4-membered cyclic amide) rings is 1. The maximum absolute atomic E-state index is 12.5. The van der Waals surface area contributed by atoms with Crippen LogP contribution in [0.5, 0.6) is 0 Å². The van der Waals surface area contributed by atoms with Crippen LogP contribution in [0.25, 0.3) is 0 Å². The van der Waals surface area contributed by atoms with Crippen LogP contribution in [0.2, 0.25) is 0 Å². The van der Waals surface area contributed by atoms with E-state index in [4.69, 9.17) is 0 Å². The third-order valence-corrected chi connectivity index (χ3v) is 9.16. The lowest BCUT2D eigenvalue weighted by Gasteiger charge is -2.46. The Labute approximate surface area is 206 Å². The largest absolute Gasteiger partial charge is 0.477 e. The molecule has 0 aromatic carbocycles. The van der Waals surface area contributed by atoms with Crippen LogP contribution in [0.3, 0.4) is 0 Å². The van der Waals surface area contributed by atoms with Crippen molar-refractivity contribution < 1.29 is 29.7 Å². The standard InChI is InChI=1S/C22H30N4O6S2/c1-9(2)13(7-27)19(29)23-14-8-33-22(24-14)25-5-12(6-25)34-18-10(3)16-15(11(4)28)20(30)26(16)17(18)21(31)32/h8-13,15-16,27-28H,5-7H2,1-4H3,(H,23,29)(H,31,32)/t10-,11-,13-,15-,16-/m1/s1. The summed E-state index contributed by atoms with van der Waals surface area (Å²) < 4.78 is 0. The lowest BCUT2D eigenvalue weighted by Crippen LogP contribution is -2.63. The van der Waals surface area contributed by atoms with Gasteiger partial charge in [0.05, 0.1) is 30.6 Å². The quantitative estimate of drug-likeness (QED) is 0.363. The molecule has 2 amide bonds. The molecule has 3 aliphatic heterocycles. The summed E-state index contributed by atoms with van der Waals surface area (Å²) >= 11 is 2.90. The van der Waals surface area contributed by atoms with Gasteiger partial charge < -0.3 is 30.4 Å². The predicted molar refractivity (Wildman–Crippen MR) is 129 cm³/mol. The van der Waals surface area contributed by atoms with E-state index >= 15 is 0 Å². The Kier molecular flexibility index (Phi) is 6.96. The molecule has 10 nitrogen and oxygen atoms in total. The highest BCUT2D eigenvalue weighted by molar-refractivity contribution is 8.03. The van der Waals surface area contributed by atoms with E-state index < -0.39 is 23.9 Å². The lowest BCUT2D eigenvalue weighted by atomic mass is 9.79. The smallest absolute Gasteiger partial charge is 0.353 e. The van der Waals surface area contributed by atoms with Crippen LogP contribution in [0.1, 0.15) is 27.7 Å². The van der Waals surface area contributed by atoms with E-state index in [0.29, 0.717) is 23.8 Å². The Bertz CT molecular complexity index is 1020. The number of nitrogens with zero attached hydrogens (tertiary/aromatic N) is 3. The molecule has 2 fully saturated rings. The number of aromatic nitrogens is 1. The third kappa shape index (κ3) is 4.21. The zero-order valence-corrected chi connectivity index (χ0v) is 21.1. The van der Waals surface area contributed by atoms with E-state index in [2.05, 4.69) is 15.2 Å². The first-order valence-corrected chi connectivity index (χ1v) is 13.1. The number of hydrogen-bond donors (Lipinski definition) is 4. The van der Waals surface area contributed by atoms with Gasteiger partial charge in [-0.3, -0.25) is 9.59 Å². The summed E-state index contributed by atoms with van der Waals surface area (Å²) in [4.78, 5) is 45.3. The topological polar surface area (TPSA) is 143 Å². The van der Waals surface area contributed by atoms with E-state index in [9.17, 15) is 29.7 Å². The van der Waals surface area contributed by atoms with Crippen LogP contribution in [0, 0.1) is 23.7 Å². The van der Waals surface area contributed by atoms with Crippen molar-refractivity contribution in [3.63, 3.8) is 0 Å². The lowest BCUT2D eigenvalue weighted by molar-refractivity contribution is -0.163. The monoisotopic (exact) mass is 510 g/mol. The van der Waals surface area contributed by atoms with Crippen LogP contribution in [-0.2, 0) is 14.4 Å². The number of thiazole rings is 1. The first kappa shape index (κ1) is 25.0. The first-order valence-electron chi connectivity index (χ1n) is 11.3. The van der Waals surface area contributed by atoms with Gasteiger partial charge in [-0.25, -0.2) is 9.78 Å². The molecule has 34 heavy (non-hydrogen) atoms. The number of aliphatic hydroxyl groups excluding tert-OH is 2. The molecule has 0 saturated carbocycles. The summed E-state index contributed by atoms with van der Waals surface area (Å²) in [6.07, 6.45) is -0.817. The average Bonchev–Trinajstić information content (AvgIpc) is 3.25. The van der Waals surface area contributed by atoms with Gasteiger partial charge in [-0.05, 0) is 12.8 Å². The molecule has 5 atom stereocenters. The molecule has 0 bridgehead atoms. The highest BCUT2D eigenvalue weighted by atomic mass is 32.2. The fourth-order valence-electron chi connectivity index (χ4n) is 4.81. The van der Waals surface area contributed by atoms with Gasteiger partial charge >= 0.3 is 5.97 Å². The molecular weight excluding hydrogens is 480 g/mol. The van der Waals surface area contributed by atoms with Gasteiger partial charge in [0.2, 0.25) is 11.8 Å². The molecule has 0 spiro atoms. The van der Waals surface area contributed by atoms with E-state index in [1.807, 2.05) is 20.8 Å². The minimum absolute atomic E-state index is 0.0111. The van der Waals surface area contributed by atoms with Crippen molar-refractivity contribution in [3.05, 3.63) is 16.0 Å². The molecule has 12 heteroatoms. The Morgan fingerprint density at radius 3 is 2.56 bits per heavy atom. The summed E-state index contributed by atoms with van der Waals surface area (Å²) in [6.45, 7) is 8.35. The van der Waals surface area contributed by atoms with Crippen molar-refractivity contribution in [2.24, 2.45) is 23.7 Å². The van der Waals surface area contributed by atoms with Crippen LogP contribution in [0.4, 0.5) is 10.9 Å². The second-order valence-electron chi connectivity index (χ2n) is 9.45. The van der Waals surface area contributed by atoms with E-state index in [0.717, 1.165) is 5.13 Å². The highest BCUT2D eigenvalue weighted by Crippen LogP contribution is 2.52. The summed E-state index contributed by atoms with van der Waals surface area (Å²) in [5.74, 6) is -2.45. The first-order chi connectivity index (χ1) is 16.0. The number of hydrogen-bond acceptors (Lipinski definition) is 9. The number of rotatable bonds is 9. The molecule has 186 valence electrons. The van der Waals surface area contributed by atoms with Gasteiger partial charge in [0, 0.05) is 34.5 Å². The average molecular weight is 511 g/mol. The number of aliphatic hydroxyl groups is 2. The molecule has 0 radical (unpaired) electrons. The van der Waals surface area contributed by atoms with Gasteiger partial charge in [-0.1, -0.05) is 20.8 Å². The number of aliphatic carboxylic acids is 1. The Balaban J connectivity index is 1.37. The van der Waals surface area contributed by atoms with E-state index in [1.54, 1.807) is 12.3 Å². The van der Waals surface area contributed by atoms with Crippen molar-refractivity contribution in [2.45, 2.75) is 45.1 Å². The van der Waals surface area contributed by atoms with Gasteiger partial charge in [-0.15, -0.1) is 23.1 Å². The molecule has 4 rings (SSSR count). The van der Waals surface area contributed by atoms with Gasteiger partial charge in [-0.2, -0.15) is 0 Å². The Morgan fingerprint density at radius 1 is 1.32 bits per heavy atom. The van der Waals surface area contributed by atoms with Crippen LogP contribution in [0.15, 0.2) is 16.0 Å². The van der Waals surface area contributed by atoms with Crippen molar-refractivity contribution in [1.82, 2.24) is 9.88 Å². The molecule has 4 N–H and O–H groups in total. The zero-order valence-electron chi connectivity index (χ0n) is 19.5.